The van der Waals surface area contributed by atoms with Gasteiger partial charge >= 0.3 is 0 Å². The number of nitrogens with two attached hydrogens (primary N) is 1. The van der Waals surface area contributed by atoms with Crippen molar-refractivity contribution in [3.05, 3.63) is 65.4 Å². The van der Waals surface area contributed by atoms with Gasteiger partial charge in [0.25, 0.3) is 5.91 Å². The molecule has 0 spiro atoms. The number of carbonyl (C=O) groups is 1. The van der Waals surface area contributed by atoms with Crippen molar-refractivity contribution in [3.63, 3.8) is 0 Å². The predicted molar refractivity (Wildman–Crippen MR) is 115 cm³/mol. The molecule has 0 unspecified atom stereocenters. The van der Waals surface area contributed by atoms with E-state index in [1.807, 2.05) is 45.2 Å². The predicted octanol–water partition coefficient (Wildman–Crippen LogP) is 2.60. The van der Waals surface area contributed by atoms with Gasteiger partial charge in [0.15, 0.2) is 5.11 Å². The molecule has 3 aromatic rings. The van der Waals surface area contributed by atoms with Crippen molar-refractivity contribution >= 4 is 28.9 Å². The van der Waals surface area contributed by atoms with Crippen molar-refractivity contribution in [2.45, 2.75) is 20.8 Å². The number of methoxy groups -OCH3 is 1. The van der Waals surface area contributed by atoms with Gasteiger partial charge in [-0.15, -0.1) is 0 Å². The van der Waals surface area contributed by atoms with Crippen molar-refractivity contribution in [2.75, 3.05) is 12.1 Å². The lowest BCUT2D eigenvalue weighted by atomic mass is 10.1. The zero-order valence-corrected chi connectivity index (χ0v) is 17.4. The van der Waals surface area contributed by atoms with Crippen molar-refractivity contribution in [2.24, 2.45) is 5.73 Å². The molecule has 0 bridgehead atoms. The molecular formula is C20H22N6O2S. The highest BCUT2D eigenvalue weighted by molar-refractivity contribution is 7.80. The Morgan fingerprint density at radius 2 is 2.00 bits per heavy atom. The van der Waals surface area contributed by atoms with E-state index < -0.39 is 5.91 Å². The number of hydrogen-bond donors (Lipinski definition) is 2. The van der Waals surface area contributed by atoms with Gasteiger partial charge in [-0.05, 0) is 62.3 Å². The summed E-state index contributed by atoms with van der Waals surface area (Å²) in [6.07, 6.45) is 3.50. The Bertz CT molecular complexity index is 1080. The Morgan fingerprint density at radius 3 is 2.62 bits per heavy atom. The van der Waals surface area contributed by atoms with Crippen molar-refractivity contribution in [1.82, 2.24) is 20.0 Å². The van der Waals surface area contributed by atoms with Crippen LogP contribution in [0.25, 0.3) is 5.69 Å². The van der Waals surface area contributed by atoms with E-state index in [1.54, 1.807) is 23.0 Å². The fourth-order valence-corrected chi connectivity index (χ4v) is 2.96. The highest BCUT2D eigenvalue weighted by Crippen LogP contribution is 2.22. The number of hydrazine groups is 1. The summed E-state index contributed by atoms with van der Waals surface area (Å²) >= 11 is 5.14. The summed E-state index contributed by atoms with van der Waals surface area (Å²) in [6, 6.07) is 9.15. The molecule has 0 aliphatic heterocycles. The molecular weight excluding hydrogens is 388 g/mol. The summed E-state index contributed by atoms with van der Waals surface area (Å²) < 4.78 is 7.15. The molecule has 0 saturated heterocycles. The topological polar surface area (TPSA) is 98.3 Å². The Kier molecular flexibility index (Phi) is 5.79. The van der Waals surface area contributed by atoms with Crippen LogP contribution in [0.1, 0.15) is 27.3 Å². The van der Waals surface area contributed by atoms with Crippen LogP contribution in [-0.2, 0) is 0 Å². The summed E-state index contributed by atoms with van der Waals surface area (Å²) in [5.74, 6) is -0.172. The van der Waals surface area contributed by atoms with Crippen LogP contribution >= 0.6 is 12.2 Å². The first-order valence-electron chi connectivity index (χ1n) is 8.84. The molecule has 0 saturated carbocycles. The maximum absolute atomic E-state index is 12.8. The minimum atomic E-state index is -0.467. The Labute approximate surface area is 174 Å². The summed E-state index contributed by atoms with van der Waals surface area (Å²) in [7, 11) is 1.49. The van der Waals surface area contributed by atoms with Gasteiger partial charge in [0.05, 0.1) is 24.8 Å². The number of carbonyl (C=O) groups excluding carboxylic acids is 1. The molecule has 3 rings (SSSR count). The molecule has 0 atom stereocenters. The molecule has 3 N–H and O–H groups in total. The zero-order chi connectivity index (χ0) is 21.1. The zero-order valence-electron chi connectivity index (χ0n) is 16.6. The summed E-state index contributed by atoms with van der Waals surface area (Å²) in [5, 5.41) is 1.39. The highest BCUT2D eigenvalue weighted by atomic mass is 32.1. The average molecular weight is 411 g/mol. The monoisotopic (exact) mass is 410 g/mol. The third-order valence-electron chi connectivity index (χ3n) is 4.30. The van der Waals surface area contributed by atoms with Crippen LogP contribution in [0.2, 0.25) is 0 Å². The number of aryl methyl sites for hydroxylation is 3. The molecule has 1 aromatic carbocycles. The summed E-state index contributed by atoms with van der Waals surface area (Å²) in [5.41, 5.74) is 12.9. The smallest absolute Gasteiger partial charge is 0.288 e. The number of hydrogen-bond acceptors (Lipinski definition) is 5. The van der Waals surface area contributed by atoms with Gasteiger partial charge in [-0.2, -0.15) is 0 Å². The van der Waals surface area contributed by atoms with E-state index in [4.69, 9.17) is 22.7 Å². The molecule has 9 heteroatoms. The van der Waals surface area contributed by atoms with Gasteiger partial charge in [0.1, 0.15) is 11.4 Å². The van der Waals surface area contributed by atoms with E-state index in [2.05, 4.69) is 15.4 Å². The second-order valence-corrected chi connectivity index (χ2v) is 6.97. The Balaban J connectivity index is 1.91. The lowest BCUT2D eigenvalue weighted by Crippen LogP contribution is -2.49. The van der Waals surface area contributed by atoms with E-state index in [-0.39, 0.29) is 10.8 Å². The molecule has 29 heavy (non-hydrogen) atoms. The normalized spacial score (nSPS) is 10.5. The number of benzene rings is 1. The molecule has 2 heterocycles. The van der Waals surface area contributed by atoms with Crippen LogP contribution in [-0.4, -0.2) is 32.7 Å². The quantitative estimate of drug-likeness (QED) is 0.504. The van der Waals surface area contributed by atoms with E-state index in [0.29, 0.717) is 17.3 Å². The molecule has 0 aliphatic rings. The first kappa shape index (κ1) is 20.3. The number of anilines is 1. The molecule has 150 valence electrons. The second kappa shape index (κ2) is 8.27. The molecule has 0 fully saturated rings. The molecule has 8 nitrogen and oxygen atoms in total. The largest absolute Gasteiger partial charge is 0.479 e. The Morgan fingerprint density at radius 1 is 1.24 bits per heavy atom. The number of nitrogens with zero attached hydrogens (tertiary/aromatic N) is 4. The van der Waals surface area contributed by atoms with Crippen LogP contribution in [0, 0.1) is 20.8 Å². The number of amides is 1. The maximum atomic E-state index is 12.8. The minimum Gasteiger partial charge on any atom is -0.479 e. The maximum Gasteiger partial charge on any atom is 0.288 e. The van der Waals surface area contributed by atoms with Gasteiger partial charge in [0, 0.05) is 6.20 Å². The number of nitrogens with one attached hydrogen (secondary N) is 1. The fourth-order valence-electron chi connectivity index (χ4n) is 2.81. The van der Waals surface area contributed by atoms with Crippen molar-refractivity contribution < 1.29 is 9.53 Å². The number of pyridine rings is 1. The van der Waals surface area contributed by atoms with E-state index in [0.717, 1.165) is 16.8 Å². The molecule has 2 aromatic heterocycles. The molecule has 0 radical (unpaired) electrons. The van der Waals surface area contributed by atoms with Gasteiger partial charge in [-0.1, -0.05) is 12.1 Å². The number of aromatic nitrogens is 3. The van der Waals surface area contributed by atoms with E-state index >= 15 is 0 Å². The molecule has 0 aliphatic carbocycles. The van der Waals surface area contributed by atoms with E-state index in [1.165, 1.54) is 12.1 Å². The number of imidazole rings is 1. The Hall–Kier alpha value is -3.46. The van der Waals surface area contributed by atoms with Gasteiger partial charge in [-0.3, -0.25) is 10.2 Å². The van der Waals surface area contributed by atoms with Crippen LogP contribution < -0.4 is 20.9 Å². The number of ether oxygens (including phenoxy) is 1. The molecule has 1 amide bonds. The van der Waals surface area contributed by atoms with Crippen molar-refractivity contribution in [3.8, 4) is 11.6 Å². The van der Waals surface area contributed by atoms with E-state index in [9.17, 15) is 4.79 Å². The van der Waals surface area contributed by atoms with Gasteiger partial charge in [-0.25, -0.2) is 15.0 Å². The fraction of sp³-hybridized carbons (Fsp3) is 0.200. The standard InChI is InChI=1S/C20H22N6O2S/c1-12-5-6-13(2)17(9-12)26(20(21)29)24-18(27)15-7-8-16(19(23-15)28-4)25-10-14(3)22-11-25/h5-11H,1-4H3,(H2,21,29)(H,24,27). The SMILES string of the molecule is COc1nc(C(=O)NN(C(N)=S)c2cc(C)ccc2C)ccc1-n1cnc(C)c1. The third-order valence-corrected chi connectivity index (χ3v) is 4.48. The number of thiocarbonyl (C=S) groups is 1. The number of rotatable bonds is 4. The minimum absolute atomic E-state index is 0.0181. The van der Waals surface area contributed by atoms with Crippen LogP contribution in [0.4, 0.5) is 5.69 Å². The van der Waals surface area contributed by atoms with Gasteiger partial charge < -0.3 is 15.0 Å². The summed E-state index contributed by atoms with van der Waals surface area (Å²) in [4.78, 5) is 21.4. The highest BCUT2D eigenvalue weighted by Gasteiger charge is 2.19. The third kappa shape index (κ3) is 4.35. The van der Waals surface area contributed by atoms with Crippen molar-refractivity contribution in [1.29, 1.82) is 0 Å². The first-order chi connectivity index (χ1) is 13.8. The lowest BCUT2D eigenvalue weighted by Gasteiger charge is -2.25. The first-order valence-corrected chi connectivity index (χ1v) is 9.24. The summed E-state index contributed by atoms with van der Waals surface area (Å²) in [6.45, 7) is 5.75. The van der Waals surface area contributed by atoms with Crippen LogP contribution in [0.5, 0.6) is 5.88 Å². The van der Waals surface area contributed by atoms with Gasteiger partial charge in [0.2, 0.25) is 5.88 Å². The average Bonchev–Trinajstić information content (AvgIpc) is 3.13. The lowest BCUT2D eigenvalue weighted by molar-refractivity contribution is 0.0949. The van der Waals surface area contributed by atoms with Crippen LogP contribution in [0.3, 0.4) is 0 Å². The van der Waals surface area contributed by atoms with Crippen LogP contribution in [0.15, 0.2) is 42.9 Å². The second-order valence-electron chi connectivity index (χ2n) is 6.55.